The molecule has 0 fully saturated rings. The molecule has 1 heterocycles. The summed E-state index contributed by atoms with van der Waals surface area (Å²) >= 11 is 9.32. The first-order valence-electron chi connectivity index (χ1n) is 7.15. The number of amides is 1. The third-order valence-corrected chi connectivity index (χ3v) is 4.22. The van der Waals surface area contributed by atoms with Gasteiger partial charge >= 0.3 is 0 Å². The number of nitrogens with one attached hydrogen (secondary N) is 1. The van der Waals surface area contributed by atoms with Crippen molar-refractivity contribution in [3.05, 3.63) is 62.6 Å². The van der Waals surface area contributed by atoms with Gasteiger partial charge in [-0.1, -0.05) is 39.7 Å². The van der Waals surface area contributed by atoms with Crippen molar-refractivity contribution in [2.24, 2.45) is 0 Å². The summed E-state index contributed by atoms with van der Waals surface area (Å²) in [4.78, 5) is 12.1. The van der Waals surface area contributed by atoms with Gasteiger partial charge in [-0.2, -0.15) is 0 Å². The third kappa shape index (κ3) is 4.25. The van der Waals surface area contributed by atoms with Gasteiger partial charge in [-0.3, -0.25) is 4.79 Å². The Kier molecular flexibility index (Phi) is 5.20. The van der Waals surface area contributed by atoms with Crippen molar-refractivity contribution in [3.63, 3.8) is 0 Å². The first-order chi connectivity index (χ1) is 11.1. The minimum absolute atomic E-state index is 0.0480. The number of benzene rings is 2. The topological polar surface area (TPSA) is 47.6 Å². The molecule has 1 amide bonds. The van der Waals surface area contributed by atoms with Crippen molar-refractivity contribution < 1.29 is 14.3 Å². The minimum atomic E-state index is -0.0480. The summed E-state index contributed by atoms with van der Waals surface area (Å²) in [5.74, 6) is 0.749. The van der Waals surface area contributed by atoms with Crippen LogP contribution in [0.2, 0.25) is 5.02 Å². The first kappa shape index (κ1) is 16.3. The highest BCUT2D eigenvalue weighted by Crippen LogP contribution is 2.31. The molecule has 0 aliphatic carbocycles. The fourth-order valence-corrected chi connectivity index (χ4v) is 3.11. The maximum absolute atomic E-state index is 12.1. The van der Waals surface area contributed by atoms with Gasteiger partial charge < -0.3 is 14.8 Å². The number of hydrogen-bond donors (Lipinski definition) is 1. The highest BCUT2D eigenvalue weighted by atomic mass is 79.9. The standard InChI is InChI=1S/C17H15BrClNO3/c18-14-6-12(17-13(7-14)9-22-10-23-17)8-20-16(21)5-11-1-3-15(19)4-2-11/h1-4,6-7H,5,8-10H2,(H,20,21). The van der Waals surface area contributed by atoms with Gasteiger partial charge in [-0.25, -0.2) is 0 Å². The molecular formula is C17H15BrClNO3. The van der Waals surface area contributed by atoms with Gasteiger partial charge in [-0.15, -0.1) is 0 Å². The Bertz CT molecular complexity index is 719. The van der Waals surface area contributed by atoms with E-state index in [1.807, 2.05) is 24.3 Å². The molecule has 6 heteroatoms. The van der Waals surface area contributed by atoms with Crippen LogP contribution in [-0.4, -0.2) is 12.7 Å². The van der Waals surface area contributed by atoms with Crippen LogP contribution in [0, 0.1) is 0 Å². The number of ether oxygens (including phenoxy) is 2. The minimum Gasteiger partial charge on any atom is -0.467 e. The summed E-state index contributed by atoms with van der Waals surface area (Å²) in [6.07, 6.45) is 0.317. The van der Waals surface area contributed by atoms with E-state index in [-0.39, 0.29) is 12.7 Å². The lowest BCUT2D eigenvalue weighted by Gasteiger charge is -2.21. The number of carbonyl (C=O) groups excluding carboxylic acids is 1. The summed E-state index contributed by atoms with van der Waals surface area (Å²) in [5, 5.41) is 3.59. The molecule has 0 spiro atoms. The van der Waals surface area contributed by atoms with E-state index in [2.05, 4.69) is 21.2 Å². The Balaban J connectivity index is 1.65. The second-order valence-electron chi connectivity index (χ2n) is 5.24. The van der Waals surface area contributed by atoms with Gasteiger partial charge in [0.1, 0.15) is 5.75 Å². The summed E-state index contributed by atoms with van der Waals surface area (Å²) < 4.78 is 11.8. The van der Waals surface area contributed by atoms with E-state index < -0.39 is 0 Å². The highest BCUT2D eigenvalue weighted by Gasteiger charge is 2.16. The van der Waals surface area contributed by atoms with Gasteiger partial charge in [0.25, 0.3) is 0 Å². The molecule has 2 aromatic rings. The largest absolute Gasteiger partial charge is 0.467 e. The lowest BCUT2D eigenvalue weighted by molar-refractivity contribution is -0.120. The van der Waals surface area contributed by atoms with Crippen LogP contribution >= 0.6 is 27.5 Å². The van der Waals surface area contributed by atoms with Gasteiger partial charge in [0, 0.05) is 27.2 Å². The van der Waals surface area contributed by atoms with Crippen LogP contribution in [0.25, 0.3) is 0 Å². The summed E-state index contributed by atoms with van der Waals surface area (Å²) in [7, 11) is 0. The zero-order chi connectivity index (χ0) is 16.2. The van der Waals surface area contributed by atoms with Crippen LogP contribution in [0.1, 0.15) is 16.7 Å². The van der Waals surface area contributed by atoms with Crippen LogP contribution in [-0.2, 0) is 29.1 Å². The normalized spacial score (nSPS) is 13.1. The van der Waals surface area contributed by atoms with Crippen molar-refractivity contribution >= 4 is 33.4 Å². The SMILES string of the molecule is O=C(Cc1ccc(Cl)cc1)NCc1cc(Br)cc2c1OCOC2. The van der Waals surface area contributed by atoms with Crippen LogP contribution in [0.3, 0.4) is 0 Å². The molecule has 3 rings (SSSR count). The van der Waals surface area contributed by atoms with Crippen LogP contribution < -0.4 is 10.1 Å². The molecule has 0 aromatic heterocycles. The predicted octanol–water partition coefficient (Wildman–Crippen LogP) is 3.83. The highest BCUT2D eigenvalue weighted by molar-refractivity contribution is 9.10. The van der Waals surface area contributed by atoms with Crippen LogP contribution in [0.4, 0.5) is 0 Å². The Labute approximate surface area is 147 Å². The zero-order valence-corrected chi connectivity index (χ0v) is 14.6. The zero-order valence-electron chi connectivity index (χ0n) is 12.3. The Morgan fingerprint density at radius 1 is 1.26 bits per heavy atom. The number of rotatable bonds is 4. The fraction of sp³-hybridized carbons (Fsp3) is 0.235. The van der Waals surface area contributed by atoms with E-state index in [4.69, 9.17) is 21.1 Å². The van der Waals surface area contributed by atoms with Crippen LogP contribution in [0.15, 0.2) is 40.9 Å². The van der Waals surface area contributed by atoms with Crippen LogP contribution in [0.5, 0.6) is 5.75 Å². The average Bonchev–Trinajstić information content (AvgIpc) is 2.54. The molecule has 1 aliphatic rings. The second-order valence-corrected chi connectivity index (χ2v) is 6.60. The molecular weight excluding hydrogens is 382 g/mol. The van der Waals surface area contributed by atoms with E-state index in [1.54, 1.807) is 12.1 Å². The number of hydrogen-bond acceptors (Lipinski definition) is 3. The molecule has 2 aromatic carbocycles. The van der Waals surface area contributed by atoms with Crippen molar-refractivity contribution in [3.8, 4) is 5.75 Å². The molecule has 23 heavy (non-hydrogen) atoms. The Morgan fingerprint density at radius 3 is 2.83 bits per heavy atom. The molecule has 0 saturated heterocycles. The Hall–Kier alpha value is -1.56. The summed E-state index contributed by atoms with van der Waals surface area (Å²) in [6.45, 7) is 1.16. The summed E-state index contributed by atoms with van der Waals surface area (Å²) in [5.41, 5.74) is 2.84. The third-order valence-electron chi connectivity index (χ3n) is 3.51. The monoisotopic (exact) mass is 395 g/mol. The predicted molar refractivity (Wildman–Crippen MR) is 91.4 cm³/mol. The molecule has 1 N–H and O–H groups in total. The first-order valence-corrected chi connectivity index (χ1v) is 8.32. The maximum Gasteiger partial charge on any atom is 0.224 e. The molecule has 4 nitrogen and oxygen atoms in total. The van der Waals surface area contributed by atoms with Crippen molar-refractivity contribution in [2.45, 2.75) is 19.6 Å². The smallest absolute Gasteiger partial charge is 0.224 e. The maximum atomic E-state index is 12.1. The molecule has 1 aliphatic heterocycles. The van der Waals surface area contributed by atoms with E-state index in [0.717, 1.165) is 26.9 Å². The van der Waals surface area contributed by atoms with Gasteiger partial charge in [0.15, 0.2) is 6.79 Å². The molecule has 0 radical (unpaired) electrons. The van der Waals surface area contributed by atoms with Gasteiger partial charge in [-0.05, 0) is 29.8 Å². The second kappa shape index (κ2) is 7.34. The molecule has 0 bridgehead atoms. The molecule has 0 saturated carbocycles. The van der Waals surface area contributed by atoms with E-state index in [9.17, 15) is 4.79 Å². The fourth-order valence-electron chi connectivity index (χ4n) is 2.43. The van der Waals surface area contributed by atoms with Gasteiger partial charge in [0.05, 0.1) is 13.0 Å². The molecule has 120 valence electrons. The molecule has 0 atom stereocenters. The quantitative estimate of drug-likeness (QED) is 0.854. The number of fused-ring (bicyclic) bond motifs is 1. The van der Waals surface area contributed by atoms with E-state index in [0.29, 0.717) is 24.6 Å². The van der Waals surface area contributed by atoms with E-state index in [1.165, 1.54) is 0 Å². The molecule has 0 unspecified atom stereocenters. The van der Waals surface area contributed by atoms with E-state index >= 15 is 0 Å². The summed E-state index contributed by atoms with van der Waals surface area (Å²) in [6, 6.07) is 11.2. The number of carbonyl (C=O) groups is 1. The Morgan fingerprint density at radius 2 is 2.04 bits per heavy atom. The lowest BCUT2D eigenvalue weighted by atomic mass is 10.1. The van der Waals surface area contributed by atoms with Crippen molar-refractivity contribution in [2.75, 3.05) is 6.79 Å². The van der Waals surface area contributed by atoms with Gasteiger partial charge in [0.2, 0.25) is 5.91 Å². The lowest BCUT2D eigenvalue weighted by Crippen LogP contribution is -2.25. The van der Waals surface area contributed by atoms with Crippen molar-refractivity contribution in [1.82, 2.24) is 5.32 Å². The number of halogens is 2. The van der Waals surface area contributed by atoms with Crippen molar-refractivity contribution in [1.29, 1.82) is 0 Å². The average molecular weight is 397 g/mol.